The average Bonchev–Trinajstić information content (AvgIpc) is 2.86. The van der Waals surface area contributed by atoms with Crippen molar-refractivity contribution in [1.82, 2.24) is 10.2 Å². The number of nitrogens with one attached hydrogen (secondary N) is 1. The number of nitrogens with zero attached hydrogens (tertiary/aromatic N) is 1. The second-order valence-corrected chi connectivity index (χ2v) is 5.52. The van der Waals surface area contributed by atoms with Gasteiger partial charge in [-0.05, 0) is 57.3 Å². The van der Waals surface area contributed by atoms with Crippen molar-refractivity contribution in [3.8, 4) is 0 Å². The zero-order valence-electron chi connectivity index (χ0n) is 10.6. The lowest BCUT2D eigenvalue weighted by molar-refractivity contribution is 0.222. The Morgan fingerprint density at radius 1 is 1.47 bits per heavy atom. The summed E-state index contributed by atoms with van der Waals surface area (Å²) in [6, 6.07) is 5.33. The Morgan fingerprint density at radius 2 is 2.35 bits per heavy atom. The minimum Gasteiger partial charge on any atom is -0.468 e. The third-order valence-corrected chi connectivity index (χ3v) is 4.09. The molecular weight excluding hydrogens is 212 g/mol. The van der Waals surface area contributed by atoms with Gasteiger partial charge in [0.15, 0.2) is 0 Å². The molecule has 1 aromatic heterocycles. The molecule has 1 saturated heterocycles. The summed E-state index contributed by atoms with van der Waals surface area (Å²) < 4.78 is 5.49. The van der Waals surface area contributed by atoms with Crippen LogP contribution in [0, 0.1) is 5.92 Å². The van der Waals surface area contributed by atoms with Gasteiger partial charge in [0.2, 0.25) is 0 Å². The maximum absolute atomic E-state index is 5.49. The van der Waals surface area contributed by atoms with Gasteiger partial charge < -0.3 is 9.73 Å². The summed E-state index contributed by atoms with van der Waals surface area (Å²) in [5.41, 5.74) is 0. The molecule has 2 fully saturated rings. The molecule has 2 atom stereocenters. The molecule has 2 aliphatic rings. The summed E-state index contributed by atoms with van der Waals surface area (Å²) >= 11 is 0. The van der Waals surface area contributed by atoms with Gasteiger partial charge in [-0.15, -0.1) is 0 Å². The molecule has 3 rings (SSSR count). The molecule has 0 spiro atoms. The Bertz CT molecular complexity index is 345. The van der Waals surface area contributed by atoms with Crippen LogP contribution < -0.4 is 5.32 Å². The molecule has 2 unspecified atom stereocenters. The van der Waals surface area contributed by atoms with Crippen molar-refractivity contribution in [3.63, 3.8) is 0 Å². The minimum atomic E-state index is 0.427. The molecule has 3 nitrogen and oxygen atoms in total. The first kappa shape index (κ1) is 11.3. The second-order valence-electron chi connectivity index (χ2n) is 5.52. The maximum atomic E-state index is 5.49. The predicted octanol–water partition coefficient (Wildman–Crippen LogP) is 2.41. The number of rotatable bonds is 5. The fraction of sp³-hybridized carbons (Fsp3) is 0.714. The van der Waals surface area contributed by atoms with Crippen LogP contribution in [-0.2, 0) is 0 Å². The highest BCUT2D eigenvalue weighted by atomic mass is 16.3. The van der Waals surface area contributed by atoms with E-state index in [1.54, 1.807) is 6.26 Å². The van der Waals surface area contributed by atoms with Crippen molar-refractivity contribution in [2.45, 2.75) is 38.3 Å². The molecular formula is C14H22N2O. The molecule has 0 aromatic carbocycles. The average molecular weight is 234 g/mol. The summed E-state index contributed by atoms with van der Waals surface area (Å²) in [6.45, 7) is 5.86. The Morgan fingerprint density at radius 3 is 3.06 bits per heavy atom. The lowest BCUT2D eigenvalue weighted by Gasteiger charge is -2.22. The van der Waals surface area contributed by atoms with Gasteiger partial charge in [0, 0.05) is 12.6 Å². The molecule has 0 radical (unpaired) electrons. The van der Waals surface area contributed by atoms with Crippen LogP contribution in [0.5, 0.6) is 0 Å². The highest BCUT2D eigenvalue weighted by Gasteiger charge is 2.29. The summed E-state index contributed by atoms with van der Waals surface area (Å²) in [5.74, 6) is 1.92. The Kier molecular flexibility index (Phi) is 3.21. The Balaban J connectivity index is 1.49. The third kappa shape index (κ3) is 2.72. The van der Waals surface area contributed by atoms with Crippen molar-refractivity contribution in [1.29, 1.82) is 0 Å². The van der Waals surface area contributed by atoms with Crippen LogP contribution in [0.15, 0.2) is 22.8 Å². The van der Waals surface area contributed by atoms with Crippen LogP contribution in [0.3, 0.4) is 0 Å². The topological polar surface area (TPSA) is 28.4 Å². The highest BCUT2D eigenvalue weighted by Crippen LogP contribution is 2.28. The molecule has 1 saturated carbocycles. The van der Waals surface area contributed by atoms with Crippen molar-refractivity contribution in [2.24, 2.45) is 5.92 Å². The number of hydrogen-bond acceptors (Lipinski definition) is 3. The molecule has 94 valence electrons. The van der Waals surface area contributed by atoms with Gasteiger partial charge in [-0.2, -0.15) is 0 Å². The molecule has 1 aromatic rings. The smallest absolute Gasteiger partial charge is 0.120 e. The summed E-state index contributed by atoms with van der Waals surface area (Å²) in [4.78, 5) is 2.54. The van der Waals surface area contributed by atoms with Crippen LogP contribution in [0.4, 0.5) is 0 Å². The first-order valence-electron chi connectivity index (χ1n) is 6.84. The van der Waals surface area contributed by atoms with E-state index >= 15 is 0 Å². The normalized spacial score (nSPS) is 27.5. The zero-order chi connectivity index (χ0) is 11.7. The van der Waals surface area contributed by atoms with Crippen LogP contribution in [0.1, 0.15) is 38.0 Å². The fourth-order valence-electron chi connectivity index (χ4n) is 2.71. The van der Waals surface area contributed by atoms with E-state index in [1.807, 2.05) is 6.07 Å². The van der Waals surface area contributed by atoms with Gasteiger partial charge in [0.1, 0.15) is 5.76 Å². The quantitative estimate of drug-likeness (QED) is 0.848. The number of furan rings is 1. The standard InChI is InChI=1S/C14H22N2O/c1-11(14-3-2-8-17-14)16-7-6-12(10-16)9-15-13-4-5-13/h2-3,8,11-13,15H,4-7,9-10H2,1H3. The zero-order valence-corrected chi connectivity index (χ0v) is 10.6. The molecule has 1 aliphatic carbocycles. The van der Waals surface area contributed by atoms with Gasteiger partial charge in [-0.3, -0.25) is 4.90 Å². The maximum Gasteiger partial charge on any atom is 0.120 e. The van der Waals surface area contributed by atoms with Gasteiger partial charge in [0.05, 0.1) is 12.3 Å². The van der Waals surface area contributed by atoms with Crippen LogP contribution >= 0.6 is 0 Å². The Labute approximate surface area is 103 Å². The molecule has 17 heavy (non-hydrogen) atoms. The monoisotopic (exact) mass is 234 g/mol. The minimum absolute atomic E-state index is 0.427. The predicted molar refractivity (Wildman–Crippen MR) is 67.8 cm³/mol. The van der Waals surface area contributed by atoms with Gasteiger partial charge >= 0.3 is 0 Å². The molecule has 3 heteroatoms. The SMILES string of the molecule is CC(c1ccco1)N1CCC(CNC2CC2)C1. The summed E-state index contributed by atoms with van der Waals surface area (Å²) in [7, 11) is 0. The van der Waals surface area contributed by atoms with E-state index in [-0.39, 0.29) is 0 Å². The van der Waals surface area contributed by atoms with E-state index in [1.165, 1.54) is 38.9 Å². The van der Waals surface area contributed by atoms with Gasteiger partial charge in [0.25, 0.3) is 0 Å². The van der Waals surface area contributed by atoms with E-state index in [4.69, 9.17) is 4.42 Å². The van der Waals surface area contributed by atoms with E-state index in [9.17, 15) is 0 Å². The molecule has 1 aliphatic heterocycles. The highest BCUT2D eigenvalue weighted by molar-refractivity contribution is 5.04. The van der Waals surface area contributed by atoms with Crippen molar-refractivity contribution in [3.05, 3.63) is 24.2 Å². The van der Waals surface area contributed by atoms with Crippen molar-refractivity contribution >= 4 is 0 Å². The first-order valence-corrected chi connectivity index (χ1v) is 6.84. The van der Waals surface area contributed by atoms with E-state index in [0.29, 0.717) is 6.04 Å². The van der Waals surface area contributed by atoms with Crippen molar-refractivity contribution in [2.75, 3.05) is 19.6 Å². The van der Waals surface area contributed by atoms with Gasteiger partial charge in [-0.1, -0.05) is 0 Å². The van der Waals surface area contributed by atoms with Gasteiger partial charge in [-0.25, -0.2) is 0 Å². The molecule has 2 heterocycles. The molecule has 0 amide bonds. The Hall–Kier alpha value is -0.800. The lowest BCUT2D eigenvalue weighted by Crippen LogP contribution is -2.29. The third-order valence-electron chi connectivity index (χ3n) is 4.09. The fourth-order valence-corrected chi connectivity index (χ4v) is 2.71. The van der Waals surface area contributed by atoms with E-state index < -0.39 is 0 Å². The van der Waals surface area contributed by atoms with Crippen LogP contribution in [0.25, 0.3) is 0 Å². The van der Waals surface area contributed by atoms with E-state index in [2.05, 4.69) is 23.2 Å². The number of likely N-dealkylation sites (tertiary alicyclic amines) is 1. The van der Waals surface area contributed by atoms with E-state index in [0.717, 1.165) is 17.7 Å². The largest absolute Gasteiger partial charge is 0.468 e. The second kappa shape index (κ2) is 4.83. The van der Waals surface area contributed by atoms with Crippen LogP contribution in [-0.4, -0.2) is 30.6 Å². The summed E-state index contributed by atoms with van der Waals surface area (Å²) in [5, 5.41) is 3.64. The summed E-state index contributed by atoms with van der Waals surface area (Å²) in [6.07, 6.45) is 5.87. The molecule has 1 N–H and O–H groups in total. The lowest BCUT2D eigenvalue weighted by atomic mass is 10.1. The molecule has 0 bridgehead atoms. The van der Waals surface area contributed by atoms with Crippen molar-refractivity contribution < 1.29 is 4.42 Å². The van der Waals surface area contributed by atoms with Crippen LogP contribution in [0.2, 0.25) is 0 Å². The first-order chi connectivity index (χ1) is 8.33. The number of hydrogen-bond donors (Lipinski definition) is 1.